The van der Waals surface area contributed by atoms with Crippen LogP contribution in [0.2, 0.25) is 0 Å². The minimum Gasteiger partial charge on any atom is -0.510 e. The van der Waals surface area contributed by atoms with Crippen LogP contribution in [0, 0.1) is 12.3 Å². The second kappa shape index (κ2) is 7.86. The number of aliphatic hydroxyl groups is 2. The van der Waals surface area contributed by atoms with Crippen molar-refractivity contribution in [3.8, 4) is 0 Å². The molecule has 0 saturated carbocycles. The van der Waals surface area contributed by atoms with Crippen LogP contribution < -0.4 is 0 Å². The van der Waals surface area contributed by atoms with Crippen molar-refractivity contribution in [3.63, 3.8) is 0 Å². The fourth-order valence-corrected chi connectivity index (χ4v) is 1.52. The zero-order valence-corrected chi connectivity index (χ0v) is 9.37. The lowest BCUT2D eigenvalue weighted by atomic mass is 9.90. The molecule has 14 heavy (non-hydrogen) atoms. The largest absolute Gasteiger partial charge is 0.510 e. The lowest BCUT2D eigenvalue weighted by Gasteiger charge is -2.21. The summed E-state index contributed by atoms with van der Waals surface area (Å²) in [5.74, 6) is -0.0553. The van der Waals surface area contributed by atoms with Gasteiger partial charge in [-0.1, -0.05) is 39.7 Å². The molecule has 2 N–H and O–H groups in total. The molecule has 0 bridgehead atoms. The monoisotopic (exact) mass is 199 g/mol. The molecule has 0 amide bonds. The molecule has 0 spiro atoms. The highest BCUT2D eigenvalue weighted by molar-refractivity contribution is 4.97. The van der Waals surface area contributed by atoms with E-state index in [0.717, 1.165) is 32.1 Å². The third kappa shape index (κ3) is 5.28. The fourth-order valence-electron chi connectivity index (χ4n) is 1.52. The summed E-state index contributed by atoms with van der Waals surface area (Å²) in [6, 6.07) is 0. The van der Waals surface area contributed by atoms with Gasteiger partial charge in [-0.3, -0.25) is 0 Å². The second-order valence-corrected chi connectivity index (χ2v) is 3.77. The maximum atomic E-state index is 9.64. The van der Waals surface area contributed by atoms with E-state index in [1.54, 1.807) is 0 Å². The quantitative estimate of drug-likeness (QED) is 0.465. The smallest absolute Gasteiger partial charge is 0.114 e. The van der Waals surface area contributed by atoms with Crippen LogP contribution in [0.5, 0.6) is 0 Å². The van der Waals surface area contributed by atoms with Gasteiger partial charge in [0.25, 0.3) is 0 Å². The van der Waals surface area contributed by atoms with Crippen molar-refractivity contribution < 1.29 is 10.2 Å². The Hall–Kier alpha value is -0.500. The summed E-state index contributed by atoms with van der Waals surface area (Å²) in [5, 5.41) is 18.7. The maximum absolute atomic E-state index is 9.64. The SMILES string of the molecule is C=C(O)C(O)C([CH]CCCC)CCC. The van der Waals surface area contributed by atoms with E-state index < -0.39 is 6.10 Å². The Bertz CT molecular complexity index is 154. The highest BCUT2D eigenvalue weighted by Crippen LogP contribution is 2.21. The van der Waals surface area contributed by atoms with Gasteiger partial charge in [-0.25, -0.2) is 0 Å². The van der Waals surface area contributed by atoms with Crippen LogP contribution in [0.15, 0.2) is 12.3 Å². The van der Waals surface area contributed by atoms with Gasteiger partial charge < -0.3 is 10.2 Å². The van der Waals surface area contributed by atoms with E-state index in [0.29, 0.717) is 0 Å². The topological polar surface area (TPSA) is 40.5 Å². The summed E-state index contributed by atoms with van der Waals surface area (Å²) in [7, 11) is 0. The first-order valence-corrected chi connectivity index (χ1v) is 5.52. The Labute approximate surface area is 87.7 Å². The Morgan fingerprint density at radius 1 is 1.36 bits per heavy atom. The molecule has 0 aliphatic carbocycles. The third-order valence-electron chi connectivity index (χ3n) is 2.40. The highest BCUT2D eigenvalue weighted by atomic mass is 16.3. The lowest BCUT2D eigenvalue weighted by Crippen LogP contribution is -2.22. The molecule has 0 heterocycles. The average molecular weight is 199 g/mol. The Morgan fingerprint density at radius 3 is 2.43 bits per heavy atom. The minimum absolute atomic E-state index is 0.0593. The first kappa shape index (κ1) is 13.5. The molecule has 1 radical (unpaired) electrons. The first-order chi connectivity index (χ1) is 6.63. The summed E-state index contributed by atoms with van der Waals surface area (Å²) < 4.78 is 0. The molecule has 0 saturated heterocycles. The predicted octanol–water partition coefficient (Wildman–Crippen LogP) is 3.23. The van der Waals surface area contributed by atoms with Crippen molar-refractivity contribution in [3.05, 3.63) is 18.8 Å². The standard InChI is InChI=1S/C12H23O2/c1-4-6-7-9-11(8-5-2)12(14)10(3)13/h9,11-14H,3-8H2,1-2H3. The number of unbranched alkanes of at least 4 members (excludes halogenated alkanes) is 2. The van der Waals surface area contributed by atoms with Crippen molar-refractivity contribution in [2.24, 2.45) is 5.92 Å². The number of rotatable bonds is 8. The van der Waals surface area contributed by atoms with E-state index in [-0.39, 0.29) is 11.7 Å². The van der Waals surface area contributed by atoms with Gasteiger partial charge in [0, 0.05) is 0 Å². The normalized spacial score (nSPS) is 15.1. The molecule has 0 aliphatic rings. The zero-order chi connectivity index (χ0) is 11.0. The van der Waals surface area contributed by atoms with Gasteiger partial charge in [-0.15, -0.1) is 0 Å². The molecule has 2 heteroatoms. The van der Waals surface area contributed by atoms with Gasteiger partial charge in [-0.05, 0) is 25.2 Å². The van der Waals surface area contributed by atoms with E-state index in [9.17, 15) is 5.11 Å². The molecular weight excluding hydrogens is 176 g/mol. The van der Waals surface area contributed by atoms with Gasteiger partial charge in [0.15, 0.2) is 0 Å². The van der Waals surface area contributed by atoms with E-state index in [4.69, 9.17) is 5.11 Å². The first-order valence-electron chi connectivity index (χ1n) is 5.52. The van der Waals surface area contributed by atoms with Gasteiger partial charge in [0.2, 0.25) is 0 Å². The second-order valence-electron chi connectivity index (χ2n) is 3.77. The third-order valence-corrected chi connectivity index (χ3v) is 2.40. The molecule has 83 valence electrons. The van der Waals surface area contributed by atoms with Crippen LogP contribution in [-0.2, 0) is 0 Å². The van der Waals surface area contributed by atoms with Crippen molar-refractivity contribution in [2.45, 2.75) is 52.1 Å². The minimum atomic E-state index is -0.785. The van der Waals surface area contributed by atoms with Crippen LogP contribution in [0.25, 0.3) is 0 Å². The van der Waals surface area contributed by atoms with Crippen molar-refractivity contribution >= 4 is 0 Å². The molecule has 2 unspecified atom stereocenters. The van der Waals surface area contributed by atoms with Crippen molar-refractivity contribution in [1.82, 2.24) is 0 Å². The summed E-state index contributed by atoms with van der Waals surface area (Å²) >= 11 is 0. The molecule has 0 fully saturated rings. The molecule has 0 aliphatic heterocycles. The molecule has 0 aromatic carbocycles. The van der Waals surface area contributed by atoms with Crippen LogP contribution in [0.1, 0.15) is 46.0 Å². The number of aliphatic hydroxyl groups excluding tert-OH is 2. The molecular formula is C12H23O2. The summed E-state index contributed by atoms with van der Waals surface area (Å²) in [6.07, 6.45) is 6.55. The van der Waals surface area contributed by atoms with Gasteiger partial charge in [0.1, 0.15) is 11.9 Å². The van der Waals surface area contributed by atoms with Crippen LogP contribution in [-0.4, -0.2) is 16.3 Å². The van der Waals surface area contributed by atoms with E-state index >= 15 is 0 Å². The van der Waals surface area contributed by atoms with Crippen molar-refractivity contribution in [2.75, 3.05) is 0 Å². The number of hydrogen-bond acceptors (Lipinski definition) is 2. The van der Waals surface area contributed by atoms with E-state index in [2.05, 4.69) is 26.8 Å². The Kier molecular flexibility index (Phi) is 7.58. The lowest BCUT2D eigenvalue weighted by molar-refractivity contribution is 0.104. The fraction of sp³-hybridized carbons (Fsp3) is 0.750. The predicted molar refractivity (Wildman–Crippen MR) is 60.0 cm³/mol. The maximum Gasteiger partial charge on any atom is 0.114 e. The molecule has 0 aromatic heterocycles. The van der Waals surface area contributed by atoms with E-state index in [1.807, 2.05) is 0 Å². The number of hydrogen-bond donors (Lipinski definition) is 2. The molecule has 2 nitrogen and oxygen atoms in total. The average Bonchev–Trinajstić information content (AvgIpc) is 2.15. The Balaban J connectivity index is 3.93. The van der Waals surface area contributed by atoms with Crippen LogP contribution in [0.3, 0.4) is 0 Å². The molecule has 2 atom stereocenters. The van der Waals surface area contributed by atoms with Gasteiger partial charge >= 0.3 is 0 Å². The van der Waals surface area contributed by atoms with Crippen molar-refractivity contribution in [1.29, 1.82) is 0 Å². The van der Waals surface area contributed by atoms with Gasteiger partial charge in [0.05, 0.1) is 0 Å². The van der Waals surface area contributed by atoms with Crippen LogP contribution in [0.4, 0.5) is 0 Å². The molecule has 0 aromatic rings. The summed E-state index contributed by atoms with van der Waals surface area (Å²) in [5.41, 5.74) is 0. The van der Waals surface area contributed by atoms with E-state index in [1.165, 1.54) is 0 Å². The Morgan fingerprint density at radius 2 is 2.00 bits per heavy atom. The van der Waals surface area contributed by atoms with Crippen LogP contribution >= 0.6 is 0 Å². The highest BCUT2D eigenvalue weighted by Gasteiger charge is 2.20. The molecule has 0 rings (SSSR count). The summed E-state index contributed by atoms with van der Waals surface area (Å²) in [4.78, 5) is 0. The summed E-state index contributed by atoms with van der Waals surface area (Å²) in [6.45, 7) is 7.59. The zero-order valence-electron chi connectivity index (χ0n) is 9.37. The van der Waals surface area contributed by atoms with Gasteiger partial charge in [-0.2, -0.15) is 0 Å².